The molecule has 0 bridgehead atoms. The molecule has 7 nitrogen and oxygen atoms in total. The van der Waals surface area contributed by atoms with Crippen LogP contribution in [0.3, 0.4) is 0 Å². The SMILES string of the molecule is CCN(CC)C(=O)c1ccc(NC(=O)c2ccc3nc(C)n(-c4ccccc4OC)c3c2)cc1. The lowest BCUT2D eigenvalue weighted by Crippen LogP contribution is -2.30. The fourth-order valence-corrected chi connectivity index (χ4v) is 4.05. The number of aromatic nitrogens is 2. The monoisotopic (exact) mass is 456 g/mol. The number of imidazole rings is 1. The van der Waals surface area contributed by atoms with Gasteiger partial charge in [0.2, 0.25) is 0 Å². The van der Waals surface area contributed by atoms with Crippen LogP contribution in [0.4, 0.5) is 5.69 Å². The number of ether oxygens (including phenoxy) is 1. The fourth-order valence-electron chi connectivity index (χ4n) is 4.05. The Kier molecular flexibility index (Phi) is 6.63. The van der Waals surface area contributed by atoms with Gasteiger partial charge in [0.15, 0.2) is 0 Å². The smallest absolute Gasteiger partial charge is 0.255 e. The second-order valence-electron chi connectivity index (χ2n) is 7.88. The Balaban J connectivity index is 1.61. The van der Waals surface area contributed by atoms with Crippen molar-refractivity contribution in [3.05, 3.63) is 83.7 Å². The summed E-state index contributed by atoms with van der Waals surface area (Å²) < 4.78 is 7.51. The molecule has 0 fully saturated rings. The number of para-hydroxylation sites is 2. The molecule has 1 heterocycles. The van der Waals surface area contributed by atoms with Crippen molar-refractivity contribution in [2.75, 3.05) is 25.5 Å². The molecule has 0 aliphatic heterocycles. The zero-order valence-corrected chi connectivity index (χ0v) is 19.8. The first-order valence-corrected chi connectivity index (χ1v) is 11.3. The molecule has 4 aromatic rings. The minimum absolute atomic E-state index is 0.0201. The van der Waals surface area contributed by atoms with E-state index in [1.807, 2.05) is 61.7 Å². The van der Waals surface area contributed by atoms with Crippen LogP contribution in [0.5, 0.6) is 5.75 Å². The highest BCUT2D eigenvalue weighted by Crippen LogP contribution is 2.29. The molecule has 0 saturated heterocycles. The van der Waals surface area contributed by atoms with Crippen molar-refractivity contribution in [1.29, 1.82) is 0 Å². The van der Waals surface area contributed by atoms with Gasteiger partial charge >= 0.3 is 0 Å². The number of carbonyl (C=O) groups is 2. The lowest BCUT2D eigenvalue weighted by Gasteiger charge is -2.18. The van der Waals surface area contributed by atoms with Crippen molar-refractivity contribution in [3.63, 3.8) is 0 Å². The number of methoxy groups -OCH3 is 1. The van der Waals surface area contributed by atoms with Crippen molar-refractivity contribution >= 4 is 28.5 Å². The van der Waals surface area contributed by atoms with Gasteiger partial charge < -0.3 is 15.0 Å². The first-order chi connectivity index (χ1) is 16.5. The van der Waals surface area contributed by atoms with Crippen LogP contribution in [-0.4, -0.2) is 46.5 Å². The van der Waals surface area contributed by atoms with Gasteiger partial charge in [-0.05, 0) is 75.4 Å². The topological polar surface area (TPSA) is 76.5 Å². The molecular weight excluding hydrogens is 428 g/mol. The summed E-state index contributed by atoms with van der Waals surface area (Å²) in [5.74, 6) is 1.26. The molecule has 0 spiro atoms. The van der Waals surface area contributed by atoms with Gasteiger partial charge in [-0.15, -0.1) is 0 Å². The van der Waals surface area contributed by atoms with Crippen molar-refractivity contribution in [1.82, 2.24) is 14.5 Å². The summed E-state index contributed by atoms with van der Waals surface area (Å²) in [6.45, 7) is 7.14. The molecule has 4 rings (SSSR count). The molecule has 0 unspecified atom stereocenters. The lowest BCUT2D eigenvalue weighted by atomic mass is 10.1. The first kappa shape index (κ1) is 23.0. The molecule has 0 saturated carbocycles. The van der Waals surface area contributed by atoms with E-state index < -0.39 is 0 Å². The van der Waals surface area contributed by atoms with Gasteiger partial charge in [0.25, 0.3) is 11.8 Å². The third kappa shape index (κ3) is 4.37. The van der Waals surface area contributed by atoms with Crippen LogP contribution in [0.15, 0.2) is 66.7 Å². The molecular formula is C27H28N4O3. The third-order valence-corrected chi connectivity index (χ3v) is 5.85. The summed E-state index contributed by atoms with van der Waals surface area (Å²) in [6.07, 6.45) is 0. The maximum atomic E-state index is 13.0. The van der Waals surface area contributed by atoms with Gasteiger partial charge in [0.1, 0.15) is 11.6 Å². The molecule has 2 amide bonds. The maximum absolute atomic E-state index is 13.0. The van der Waals surface area contributed by atoms with Gasteiger partial charge in [0, 0.05) is 29.9 Å². The van der Waals surface area contributed by atoms with Crippen molar-refractivity contribution in [2.45, 2.75) is 20.8 Å². The molecule has 34 heavy (non-hydrogen) atoms. The highest BCUT2D eigenvalue weighted by Gasteiger charge is 2.16. The van der Waals surface area contributed by atoms with Crippen LogP contribution in [0.1, 0.15) is 40.4 Å². The van der Waals surface area contributed by atoms with Gasteiger partial charge in [-0.1, -0.05) is 12.1 Å². The Morgan fingerprint density at radius 2 is 1.65 bits per heavy atom. The second kappa shape index (κ2) is 9.79. The summed E-state index contributed by atoms with van der Waals surface area (Å²) in [6, 6.07) is 20.1. The molecule has 0 aliphatic carbocycles. The fraction of sp³-hybridized carbons (Fsp3) is 0.222. The van der Waals surface area contributed by atoms with Crippen molar-refractivity contribution in [2.24, 2.45) is 0 Å². The van der Waals surface area contributed by atoms with Crippen molar-refractivity contribution < 1.29 is 14.3 Å². The van der Waals surface area contributed by atoms with Gasteiger partial charge in [-0.2, -0.15) is 0 Å². The van der Waals surface area contributed by atoms with Crippen LogP contribution in [0, 0.1) is 6.92 Å². The molecule has 1 aromatic heterocycles. The Hall–Kier alpha value is -4.13. The normalized spacial score (nSPS) is 10.8. The molecule has 0 radical (unpaired) electrons. The number of nitrogens with zero attached hydrogens (tertiary/aromatic N) is 3. The average Bonchev–Trinajstić information content (AvgIpc) is 3.19. The van der Waals surface area contributed by atoms with E-state index in [1.165, 1.54) is 0 Å². The summed E-state index contributed by atoms with van der Waals surface area (Å²) in [4.78, 5) is 31.9. The Morgan fingerprint density at radius 1 is 0.971 bits per heavy atom. The van der Waals surface area contributed by atoms with Gasteiger partial charge in [-0.3, -0.25) is 14.2 Å². The largest absolute Gasteiger partial charge is 0.495 e. The lowest BCUT2D eigenvalue weighted by molar-refractivity contribution is 0.0773. The van der Waals surface area contributed by atoms with E-state index in [9.17, 15) is 9.59 Å². The number of hydrogen-bond donors (Lipinski definition) is 1. The number of nitrogens with one attached hydrogen (secondary N) is 1. The molecule has 3 aromatic carbocycles. The van der Waals surface area contributed by atoms with Crippen LogP contribution in [-0.2, 0) is 0 Å². The zero-order valence-electron chi connectivity index (χ0n) is 19.8. The highest BCUT2D eigenvalue weighted by molar-refractivity contribution is 6.06. The molecule has 7 heteroatoms. The Labute approximate surface area is 199 Å². The standard InChI is InChI=1S/C27H28N4O3/c1-5-30(6-2)27(33)19-11-14-21(15-12-19)29-26(32)20-13-16-22-24(17-20)31(18(3)28-22)23-9-7-8-10-25(23)34-4/h7-17H,5-6H2,1-4H3,(H,29,32). The van der Waals surface area contributed by atoms with E-state index in [-0.39, 0.29) is 11.8 Å². The summed E-state index contributed by atoms with van der Waals surface area (Å²) >= 11 is 0. The van der Waals surface area contributed by atoms with Crippen LogP contribution in [0.2, 0.25) is 0 Å². The molecule has 0 atom stereocenters. The van der Waals surface area contributed by atoms with E-state index in [2.05, 4.69) is 10.3 Å². The summed E-state index contributed by atoms with van der Waals surface area (Å²) in [7, 11) is 1.63. The molecule has 1 N–H and O–H groups in total. The molecule has 0 aliphatic rings. The van der Waals surface area contributed by atoms with Gasteiger partial charge in [-0.25, -0.2) is 4.98 Å². The summed E-state index contributed by atoms with van der Waals surface area (Å²) in [5, 5.41) is 2.92. The summed E-state index contributed by atoms with van der Waals surface area (Å²) in [5.41, 5.74) is 4.19. The number of anilines is 1. The van der Waals surface area contributed by atoms with Crippen LogP contribution < -0.4 is 10.1 Å². The zero-order chi connectivity index (χ0) is 24.2. The quantitative estimate of drug-likeness (QED) is 0.421. The minimum Gasteiger partial charge on any atom is -0.495 e. The van der Waals surface area contributed by atoms with Crippen LogP contribution >= 0.6 is 0 Å². The van der Waals surface area contributed by atoms with E-state index >= 15 is 0 Å². The van der Waals surface area contributed by atoms with Crippen LogP contribution in [0.25, 0.3) is 16.7 Å². The number of hydrogen-bond acceptors (Lipinski definition) is 4. The van der Waals surface area contributed by atoms with Gasteiger partial charge in [0.05, 0.1) is 23.8 Å². The average molecular weight is 457 g/mol. The number of aryl methyl sites for hydroxylation is 1. The number of carbonyl (C=O) groups excluding carboxylic acids is 2. The number of benzene rings is 3. The predicted octanol–water partition coefficient (Wildman–Crippen LogP) is 5.08. The van der Waals surface area contributed by atoms with E-state index in [1.54, 1.807) is 42.3 Å². The van der Waals surface area contributed by atoms with Crippen molar-refractivity contribution in [3.8, 4) is 11.4 Å². The Bertz CT molecular complexity index is 1340. The van der Waals surface area contributed by atoms with E-state index in [4.69, 9.17) is 4.74 Å². The number of amides is 2. The Morgan fingerprint density at radius 3 is 2.32 bits per heavy atom. The predicted molar refractivity (Wildman–Crippen MR) is 134 cm³/mol. The molecule has 174 valence electrons. The number of fused-ring (bicyclic) bond motifs is 1. The van der Waals surface area contributed by atoms with E-state index in [0.29, 0.717) is 29.9 Å². The maximum Gasteiger partial charge on any atom is 0.255 e. The van der Waals surface area contributed by atoms with E-state index in [0.717, 1.165) is 28.3 Å². The highest BCUT2D eigenvalue weighted by atomic mass is 16.5. The second-order valence-corrected chi connectivity index (χ2v) is 7.88. The first-order valence-electron chi connectivity index (χ1n) is 11.3. The number of rotatable bonds is 7. The third-order valence-electron chi connectivity index (χ3n) is 5.85. The minimum atomic E-state index is -0.241.